The number of rotatable bonds is 4. The van der Waals surface area contributed by atoms with Crippen molar-refractivity contribution in [1.29, 1.82) is 0 Å². The minimum absolute atomic E-state index is 0.0141. The third-order valence-corrected chi connectivity index (χ3v) is 1.43. The van der Waals surface area contributed by atoms with Crippen LogP contribution in [0.2, 0.25) is 0 Å². The molecule has 13 heavy (non-hydrogen) atoms. The third kappa shape index (κ3) is 3.55. The minimum Gasteiger partial charge on any atom is -0.481 e. The maximum Gasteiger partial charge on any atom is 0.305 e. The Kier molecular flexibility index (Phi) is 3.25. The SMILES string of the molecule is O=C(O)CCNc1cc[c]c(F)c1. The van der Waals surface area contributed by atoms with Crippen LogP contribution in [0.1, 0.15) is 6.42 Å². The number of nitrogens with one attached hydrogen (secondary N) is 1. The number of carbonyl (C=O) groups is 1. The number of hydrogen-bond acceptors (Lipinski definition) is 2. The molecule has 0 saturated heterocycles. The van der Waals surface area contributed by atoms with Crippen LogP contribution in [0, 0.1) is 11.9 Å². The van der Waals surface area contributed by atoms with Crippen molar-refractivity contribution in [2.75, 3.05) is 11.9 Å². The molecule has 0 saturated carbocycles. The van der Waals surface area contributed by atoms with Gasteiger partial charge in [0, 0.05) is 18.3 Å². The zero-order valence-electron chi connectivity index (χ0n) is 6.88. The van der Waals surface area contributed by atoms with E-state index in [0.717, 1.165) is 0 Å². The molecular formula is C9H9FNO2. The Morgan fingerprint density at radius 2 is 2.46 bits per heavy atom. The topological polar surface area (TPSA) is 49.3 Å². The number of aliphatic carboxylic acids is 1. The third-order valence-electron chi connectivity index (χ3n) is 1.43. The van der Waals surface area contributed by atoms with E-state index >= 15 is 0 Å². The Morgan fingerprint density at radius 3 is 3.08 bits per heavy atom. The largest absolute Gasteiger partial charge is 0.481 e. The summed E-state index contributed by atoms with van der Waals surface area (Å²) in [5, 5.41) is 11.1. The fraction of sp³-hybridized carbons (Fsp3) is 0.222. The number of carboxylic acid groups (broad SMARTS) is 1. The van der Waals surface area contributed by atoms with E-state index in [1.807, 2.05) is 0 Å². The van der Waals surface area contributed by atoms with Crippen molar-refractivity contribution in [2.24, 2.45) is 0 Å². The molecule has 0 bridgehead atoms. The van der Waals surface area contributed by atoms with Gasteiger partial charge in [-0.25, -0.2) is 4.39 Å². The predicted molar refractivity (Wildman–Crippen MR) is 46.0 cm³/mol. The van der Waals surface area contributed by atoms with Crippen LogP contribution in [0.3, 0.4) is 0 Å². The van der Waals surface area contributed by atoms with E-state index in [-0.39, 0.29) is 6.42 Å². The van der Waals surface area contributed by atoms with Crippen LogP contribution in [-0.4, -0.2) is 17.6 Å². The van der Waals surface area contributed by atoms with Crippen molar-refractivity contribution in [1.82, 2.24) is 0 Å². The molecule has 0 fully saturated rings. The molecule has 0 atom stereocenters. The quantitative estimate of drug-likeness (QED) is 0.742. The van der Waals surface area contributed by atoms with Gasteiger partial charge >= 0.3 is 5.97 Å². The summed E-state index contributed by atoms with van der Waals surface area (Å²) < 4.78 is 12.5. The molecule has 0 spiro atoms. The first-order valence-electron chi connectivity index (χ1n) is 3.81. The molecule has 2 N–H and O–H groups in total. The summed E-state index contributed by atoms with van der Waals surface area (Å²) in [6, 6.07) is 6.69. The predicted octanol–water partition coefficient (Wildman–Crippen LogP) is 1.51. The van der Waals surface area contributed by atoms with Gasteiger partial charge in [-0.1, -0.05) is 0 Å². The van der Waals surface area contributed by atoms with E-state index in [0.29, 0.717) is 12.2 Å². The van der Waals surface area contributed by atoms with E-state index in [9.17, 15) is 9.18 Å². The van der Waals surface area contributed by atoms with E-state index in [2.05, 4.69) is 11.4 Å². The highest BCUT2D eigenvalue weighted by atomic mass is 19.1. The second-order valence-corrected chi connectivity index (χ2v) is 2.50. The first kappa shape index (κ1) is 9.51. The van der Waals surface area contributed by atoms with Crippen LogP contribution in [0.5, 0.6) is 0 Å². The molecule has 0 aliphatic carbocycles. The van der Waals surface area contributed by atoms with E-state index < -0.39 is 11.8 Å². The highest BCUT2D eigenvalue weighted by Crippen LogP contribution is 2.07. The summed E-state index contributed by atoms with van der Waals surface area (Å²) in [7, 11) is 0. The van der Waals surface area contributed by atoms with Crippen molar-refractivity contribution in [3.63, 3.8) is 0 Å². The lowest BCUT2D eigenvalue weighted by Gasteiger charge is -2.03. The van der Waals surface area contributed by atoms with Gasteiger partial charge in [-0.3, -0.25) is 4.79 Å². The molecule has 0 unspecified atom stereocenters. The van der Waals surface area contributed by atoms with Gasteiger partial charge in [0.15, 0.2) is 0 Å². The normalized spacial score (nSPS) is 9.62. The smallest absolute Gasteiger partial charge is 0.305 e. The van der Waals surface area contributed by atoms with Gasteiger partial charge in [-0.05, 0) is 18.2 Å². The molecule has 0 aliphatic rings. The molecule has 1 radical (unpaired) electrons. The van der Waals surface area contributed by atoms with Gasteiger partial charge in [-0.2, -0.15) is 0 Å². The van der Waals surface area contributed by atoms with Crippen LogP contribution < -0.4 is 5.32 Å². The van der Waals surface area contributed by atoms with Gasteiger partial charge in [0.2, 0.25) is 0 Å². The van der Waals surface area contributed by atoms with Crippen LogP contribution in [0.25, 0.3) is 0 Å². The summed E-state index contributed by atoms with van der Waals surface area (Å²) in [4.78, 5) is 10.1. The molecular weight excluding hydrogens is 173 g/mol. The molecule has 0 aromatic heterocycles. The van der Waals surface area contributed by atoms with Crippen molar-refractivity contribution in [2.45, 2.75) is 6.42 Å². The lowest BCUT2D eigenvalue weighted by atomic mass is 10.3. The first-order valence-corrected chi connectivity index (χ1v) is 3.81. The Morgan fingerprint density at radius 1 is 1.69 bits per heavy atom. The van der Waals surface area contributed by atoms with Crippen molar-refractivity contribution in [3.8, 4) is 0 Å². The Bertz CT molecular complexity index is 301. The molecule has 69 valence electrons. The Labute approximate surface area is 75.2 Å². The van der Waals surface area contributed by atoms with Crippen LogP contribution in [0.15, 0.2) is 18.2 Å². The molecule has 0 aliphatic heterocycles. The zero-order valence-corrected chi connectivity index (χ0v) is 6.88. The maximum atomic E-state index is 12.5. The fourth-order valence-corrected chi connectivity index (χ4v) is 0.861. The Hall–Kier alpha value is -1.58. The highest BCUT2D eigenvalue weighted by molar-refractivity contribution is 5.67. The second kappa shape index (κ2) is 4.45. The number of halogens is 1. The number of carboxylic acids is 1. The van der Waals surface area contributed by atoms with Crippen LogP contribution >= 0.6 is 0 Å². The lowest BCUT2D eigenvalue weighted by Crippen LogP contribution is -2.07. The molecule has 1 rings (SSSR count). The molecule has 1 aromatic carbocycles. The van der Waals surface area contributed by atoms with Gasteiger partial charge in [0.25, 0.3) is 0 Å². The second-order valence-electron chi connectivity index (χ2n) is 2.50. The summed E-state index contributed by atoms with van der Waals surface area (Å²) in [6.45, 7) is 0.290. The standard InChI is InChI=1S/C9H9FNO2/c10-7-2-1-3-8(6-7)11-5-4-9(12)13/h1,3,6,11H,4-5H2,(H,12,13). The average molecular weight is 182 g/mol. The lowest BCUT2D eigenvalue weighted by molar-refractivity contribution is -0.136. The van der Waals surface area contributed by atoms with E-state index in [1.165, 1.54) is 12.1 Å². The van der Waals surface area contributed by atoms with Crippen molar-refractivity contribution >= 4 is 11.7 Å². The molecule has 0 heterocycles. The van der Waals surface area contributed by atoms with Crippen LogP contribution in [0.4, 0.5) is 10.1 Å². The van der Waals surface area contributed by atoms with Gasteiger partial charge in [0.05, 0.1) is 6.42 Å². The van der Waals surface area contributed by atoms with Crippen LogP contribution in [-0.2, 0) is 4.79 Å². The van der Waals surface area contributed by atoms with Gasteiger partial charge in [0.1, 0.15) is 5.82 Å². The summed E-state index contributed by atoms with van der Waals surface area (Å²) in [6.07, 6.45) is 0.0141. The van der Waals surface area contributed by atoms with Crippen molar-refractivity contribution < 1.29 is 14.3 Å². The number of benzene rings is 1. The van der Waals surface area contributed by atoms with Gasteiger partial charge in [-0.15, -0.1) is 0 Å². The molecule has 1 aromatic rings. The minimum atomic E-state index is -0.879. The molecule has 4 heteroatoms. The fourth-order valence-electron chi connectivity index (χ4n) is 0.861. The van der Waals surface area contributed by atoms with E-state index in [4.69, 9.17) is 5.11 Å². The Balaban J connectivity index is 2.41. The summed E-state index contributed by atoms with van der Waals surface area (Å²) >= 11 is 0. The van der Waals surface area contributed by atoms with Crippen molar-refractivity contribution in [3.05, 3.63) is 30.1 Å². The zero-order chi connectivity index (χ0) is 9.68. The average Bonchev–Trinajstić information content (AvgIpc) is 2.03. The summed E-state index contributed by atoms with van der Waals surface area (Å²) in [5.41, 5.74) is 0.567. The molecule has 0 amide bonds. The van der Waals surface area contributed by atoms with E-state index in [1.54, 1.807) is 6.07 Å². The first-order chi connectivity index (χ1) is 6.18. The monoisotopic (exact) mass is 182 g/mol. The summed E-state index contributed by atoms with van der Waals surface area (Å²) in [5.74, 6) is -1.34. The molecule has 3 nitrogen and oxygen atoms in total. The number of hydrogen-bond donors (Lipinski definition) is 2. The van der Waals surface area contributed by atoms with Gasteiger partial charge < -0.3 is 10.4 Å². The maximum absolute atomic E-state index is 12.5. The highest BCUT2D eigenvalue weighted by Gasteiger charge is 1.97. The number of anilines is 1.